The number of hydrogen-bond donors (Lipinski definition) is 2. The Morgan fingerprint density at radius 2 is 1.81 bits per heavy atom. The largest absolute Gasteiger partial charge is 0.497 e. The van der Waals surface area contributed by atoms with Crippen LogP contribution in [0.5, 0.6) is 11.5 Å². The molecule has 6 heteroatoms. The summed E-state index contributed by atoms with van der Waals surface area (Å²) in [7, 11) is 3.10. The fourth-order valence-electron chi connectivity index (χ4n) is 3.05. The molecule has 2 atom stereocenters. The maximum Gasteiger partial charge on any atom is 0.228 e. The van der Waals surface area contributed by atoms with Crippen LogP contribution in [0, 0.1) is 18.8 Å². The van der Waals surface area contributed by atoms with Crippen LogP contribution in [0.25, 0.3) is 0 Å². The predicted molar refractivity (Wildman–Crippen MR) is 103 cm³/mol. The first-order valence-electron chi connectivity index (χ1n) is 8.88. The number of rotatable bonds is 7. The van der Waals surface area contributed by atoms with Gasteiger partial charge in [0.05, 0.1) is 31.7 Å². The molecule has 3 rings (SSSR count). The zero-order valence-corrected chi connectivity index (χ0v) is 15.7. The van der Waals surface area contributed by atoms with E-state index in [1.807, 2.05) is 31.2 Å². The topological polar surface area (TPSA) is 76.7 Å². The van der Waals surface area contributed by atoms with Gasteiger partial charge in [0.1, 0.15) is 11.5 Å². The first kappa shape index (κ1) is 18.8. The summed E-state index contributed by atoms with van der Waals surface area (Å²) in [5, 5.41) is 5.75. The summed E-state index contributed by atoms with van der Waals surface area (Å²) in [5.74, 6) is 0.288. The van der Waals surface area contributed by atoms with Crippen molar-refractivity contribution in [2.45, 2.75) is 19.9 Å². The Bertz CT molecular complexity index is 850. The monoisotopic (exact) mass is 368 g/mol. The Morgan fingerprint density at radius 1 is 1.04 bits per heavy atom. The number of anilines is 1. The summed E-state index contributed by atoms with van der Waals surface area (Å²) < 4.78 is 10.5. The van der Waals surface area contributed by atoms with Crippen LogP contribution in [0.4, 0.5) is 5.69 Å². The van der Waals surface area contributed by atoms with E-state index in [2.05, 4.69) is 10.6 Å². The van der Waals surface area contributed by atoms with Crippen LogP contribution < -0.4 is 20.1 Å². The molecule has 1 aliphatic rings. The van der Waals surface area contributed by atoms with Crippen molar-refractivity contribution in [3.8, 4) is 11.5 Å². The molecular weight excluding hydrogens is 344 g/mol. The highest BCUT2D eigenvalue weighted by Gasteiger charge is 2.48. The number of nitrogens with one attached hydrogen (secondary N) is 2. The summed E-state index contributed by atoms with van der Waals surface area (Å²) >= 11 is 0. The average molecular weight is 368 g/mol. The van der Waals surface area contributed by atoms with E-state index in [-0.39, 0.29) is 23.7 Å². The fraction of sp³-hybridized carbons (Fsp3) is 0.333. The van der Waals surface area contributed by atoms with E-state index < -0.39 is 0 Å². The molecule has 1 saturated carbocycles. The molecule has 0 radical (unpaired) electrons. The normalized spacial score (nSPS) is 17.7. The van der Waals surface area contributed by atoms with Gasteiger partial charge in [-0.05, 0) is 31.0 Å². The second-order valence-corrected chi connectivity index (χ2v) is 6.71. The van der Waals surface area contributed by atoms with Gasteiger partial charge >= 0.3 is 0 Å². The molecular formula is C21H24N2O4. The van der Waals surface area contributed by atoms with Crippen molar-refractivity contribution in [1.29, 1.82) is 0 Å². The average Bonchev–Trinajstić information content (AvgIpc) is 3.47. The van der Waals surface area contributed by atoms with Crippen LogP contribution in [-0.4, -0.2) is 26.0 Å². The second kappa shape index (κ2) is 8.12. The molecule has 27 heavy (non-hydrogen) atoms. The molecule has 0 heterocycles. The Hall–Kier alpha value is -3.02. The number of methoxy groups -OCH3 is 2. The Morgan fingerprint density at radius 3 is 2.52 bits per heavy atom. The van der Waals surface area contributed by atoms with Crippen molar-refractivity contribution in [1.82, 2.24) is 5.32 Å². The van der Waals surface area contributed by atoms with Crippen LogP contribution in [0.2, 0.25) is 0 Å². The third-order valence-electron chi connectivity index (χ3n) is 4.68. The number of carbonyl (C=O) groups excluding carboxylic acids is 2. The van der Waals surface area contributed by atoms with Gasteiger partial charge in [-0.2, -0.15) is 0 Å². The van der Waals surface area contributed by atoms with Gasteiger partial charge in [-0.3, -0.25) is 9.59 Å². The van der Waals surface area contributed by atoms with E-state index in [9.17, 15) is 9.59 Å². The maximum atomic E-state index is 12.5. The summed E-state index contributed by atoms with van der Waals surface area (Å²) in [6, 6.07) is 13.2. The zero-order chi connectivity index (χ0) is 19.4. The van der Waals surface area contributed by atoms with Crippen LogP contribution in [0.1, 0.15) is 17.5 Å². The number of hydrogen-bond acceptors (Lipinski definition) is 4. The number of carbonyl (C=O) groups is 2. The van der Waals surface area contributed by atoms with Gasteiger partial charge in [0.2, 0.25) is 11.8 Å². The van der Waals surface area contributed by atoms with Crippen molar-refractivity contribution in [3.63, 3.8) is 0 Å². The van der Waals surface area contributed by atoms with Crippen molar-refractivity contribution in [3.05, 3.63) is 53.6 Å². The van der Waals surface area contributed by atoms with Crippen LogP contribution in [-0.2, 0) is 16.1 Å². The highest BCUT2D eigenvalue weighted by atomic mass is 16.5. The maximum absolute atomic E-state index is 12.5. The minimum absolute atomic E-state index is 0.0886. The number of amides is 2. The predicted octanol–water partition coefficient (Wildman–Crippen LogP) is 2.90. The Kier molecular flexibility index (Phi) is 5.64. The molecule has 0 aromatic heterocycles. The van der Waals surface area contributed by atoms with Crippen molar-refractivity contribution in [2.24, 2.45) is 11.8 Å². The van der Waals surface area contributed by atoms with Crippen LogP contribution >= 0.6 is 0 Å². The van der Waals surface area contributed by atoms with Gasteiger partial charge in [-0.1, -0.05) is 29.8 Å². The summed E-state index contributed by atoms with van der Waals surface area (Å²) in [4.78, 5) is 24.8. The lowest BCUT2D eigenvalue weighted by Crippen LogP contribution is -2.27. The molecule has 2 aromatic carbocycles. The standard InChI is InChI=1S/C21H24N2O4/c1-13-5-4-6-14(9-13)12-22-20(24)16-11-17(16)21(25)23-18-10-15(26-2)7-8-19(18)27-3/h4-10,16-17H,11-12H2,1-3H3,(H,22,24)(H,23,25). The zero-order valence-electron chi connectivity index (χ0n) is 15.7. The minimum Gasteiger partial charge on any atom is -0.497 e. The van der Waals surface area contributed by atoms with E-state index >= 15 is 0 Å². The first-order valence-corrected chi connectivity index (χ1v) is 8.88. The molecule has 0 spiro atoms. The summed E-state index contributed by atoms with van der Waals surface area (Å²) in [5.41, 5.74) is 2.73. The van der Waals surface area contributed by atoms with E-state index in [1.165, 1.54) is 7.11 Å². The second-order valence-electron chi connectivity index (χ2n) is 6.71. The van der Waals surface area contributed by atoms with Crippen LogP contribution in [0.15, 0.2) is 42.5 Å². The molecule has 0 saturated heterocycles. The van der Waals surface area contributed by atoms with E-state index in [1.54, 1.807) is 25.3 Å². The number of benzene rings is 2. The van der Waals surface area contributed by atoms with Crippen molar-refractivity contribution >= 4 is 17.5 Å². The van der Waals surface area contributed by atoms with Gasteiger partial charge in [-0.25, -0.2) is 0 Å². The third kappa shape index (κ3) is 4.58. The molecule has 0 bridgehead atoms. The quantitative estimate of drug-likeness (QED) is 0.788. The highest BCUT2D eigenvalue weighted by molar-refractivity contribution is 6.00. The van der Waals surface area contributed by atoms with Gasteiger partial charge in [-0.15, -0.1) is 0 Å². The Labute approximate surface area is 158 Å². The van der Waals surface area contributed by atoms with E-state index in [0.717, 1.165) is 11.1 Å². The molecule has 0 aliphatic heterocycles. The smallest absolute Gasteiger partial charge is 0.228 e. The molecule has 6 nitrogen and oxygen atoms in total. The lowest BCUT2D eigenvalue weighted by Gasteiger charge is -2.12. The highest BCUT2D eigenvalue weighted by Crippen LogP contribution is 2.40. The van der Waals surface area contributed by atoms with E-state index in [0.29, 0.717) is 30.2 Å². The van der Waals surface area contributed by atoms with Gasteiger partial charge < -0.3 is 20.1 Å². The van der Waals surface area contributed by atoms with E-state index in [4.69, 9.17) is 9.47 Å². The van der Waals surface area contributed by atoms with Gasteiger partial charge in [0.15, 0.2) is 0 Å². The SMILES string of the molecule is COc1ccc(OC)c(NC(=O)C2CC2C(=O)NCc2cccc(C)c2)c1. The first-order chi connectivity index (χ1) is 13.0. The molecule has 2 amide bonds. The number of ether oxygens (including phenoxy) is 2. The fourth-order valence-corrected chi connectivity index (χ4v) is 3.05. The lowest BCUT2D eigenvalue weighted by atomic mass is 10.1. The summed E-state index contributed by atoms with van der Waals surface area (Å²) in [6.07, 6.45) is 0.553. The summed E-state index contributed by atoms with van der Waals surface area (Å²) in [6.45, 7) is 2.48. The molecule has 1 aliphatic carbocycles. The molecule has 2 aromatic rings. The Balaban J connectivity index is 1.55. The van der Waals surface area contributed by atoms with Crippen molar-refractivity contribution < 1.29 is 19.1 Å². The third-order valence-corrected chi connectivity index (χ3v) is 4.68. The molecule has 142 valence electrons. The van der Waals surface area contributed by atoms with Crippen LogP contribution in [0.3, 0.4) is 0 Å². The van der Waals surface area contributed by atoms with Crippen molar-refractivity contribution in [2.75, 3.05) is 19.5 Å². The molecule has 2 unspecified atom stereocenters. The van der Waals surface area contributed by atoms with Gasteiger partial charge in [0.25, 0.3) is 0 Å². The number of aryl methyl sites for hydroxylation is 1. The minimum atomic E-state index is -0.321. The molecule has 2 N–H and O–H groups in total. The lowest BCUT2D eigenvalue weighted by molar-refractivity contribution is -0.125. The molecule has 1 fully saturated rings. The van der Waals surface area contributed by atoms with Gasteiger partial charge in [0, 0.05) is 12.6 Å².